The molecule has 3 aliphatic carbocycles. The Balaban J connectivity index is 1.43. The van der Waals surface area contributed by atoms with Crippen LogP contribution in [0, 0.1) is 29.6 Å². The molecule has 1 nitrogen and oxygen atoms in total. The van der Waals surface area contributed by atoms with Gasteiger partial charge in [0.15, 0.2) is 6.17 Å². The van der Waals surface area contributed by atoms with Crippen molar-refractivity contribution >= 4 is 0 Å². The topological polar surface area (TPSA) is 20.2 Å². The van der Waals surface area contributed by atoms with Gasteiger partial charge in [-0.2, -0.15) is 0 Å². The fourth-order valence-electron chi connectivity index (χ4n) is 5.64. The summed E-state index contributed by atoms with van der Waals surface area (Å²) < 4.78 is 42.4. The van der Waals surface area contributed by atoms with Gasteiger partial charge in [0.1, 0.15) is 12.3 Å². The van der Waals surface area contributed by atoms with Crippen molar-refractivity contribution in [2.75, 3.05) is 0 Å². The first-order chi connectivity index (χ1) is 12.0. The van der Waals surface area contributed by atoms with Gasteiger partial charge in [-0.1, -0.05) is 19.8 Å². The summed E-state index contributed by atoms with van der Waals surface area (Å²) >= 11 is 0. The van der Waals surface area contributed by atoms with E-state index >= 15 is 0 Å². The van der Waals surface area contributed by atoms with E-state index in [9.17, 15) is 18.3 Å². The van der Waals surface area contributed by atoms with Crippen molar-refractivity contribution in [3.63, 3.8) is 0 Å². The molecule has 25 heavy (non-hydrogen) atoms. The van der Waals surface area contributed by atoms with E-state index in [1.807, 2.05) is 0 Å². The molecule has 1 N–H and O–H groups in total. The third kappa shape index (κ3) is 4.73. The highest BCUT2D eigenvalue weighted by molar-refractivity contribution is 4.91. The molecule has 0 aromatic carbocycles. The summed E-state index contributed by atoms with van der Waals surface area (Å²) in [6.45, 7) is 2.34. The maximum absolute atomic E-state index is 14.7. The van der Waals surface area contributed by atoms with E-state index in [4.69, 9.17) is 0 Å². The van der Waals surface area contributed by atoms with Gasteiger partial charge in [0.2, 0.25) is 0 Å². The Morgan fingerprint density at radius 2 is 1.36 bits per heavy atom. The summed E-state index contributed by atoms with van der Waals surface area (Å²) in [6.07, 6.45) is 4.40. The average Bonchev–Trinajstić information content (AvgIpc) is 2.63. The van der Waals surface area contributed by atoms with Gasteiger partial charge in [0.05, 0.1) is 6.10 Å². The minimum atomic E-state index is -1.84. The fourth-order valence-corrected chi connectivity index (χ4v) is 5.64. The van der Waals surface area contributed by atoms with Crippen LogP contribution in [0.5, 0.6) is 0 Å². The molecule has 5 unspecified atom stereocenters. The van der Waals surface area contributed by atoms with Crippen molar-refractivity contribution < 1.29 is 18.3 Å². The van der Waals surface area contributed by atoms with Gasteiger partial charge < -0.3 is 5.11 Å². The smallest absolute Gasteiger partial charge is 0.157 e. The molecule has 3 rings (SSSR count). The van der Waals surface area contributed by atoms with Crippen molar-refractivity contribution in [2.24, 2.45) is 29.6 Å². The van der Waals surface area contributed by atoms with Crippen molar-refractivity contribution in [3.05, 3.63) is 0 Å². The van der Waals surface area contributed by atoms with Gasteiger partial charge >= 0.3 is 0 Å². The van der Waals surface area contributed by atoms with E-state index in [1.165, 1.54) is 25.7 Å². The zero-order chi connectivity index (χ0) is 18.0. The zero-order valence-corrected chi connectivity index (χ0v) is 15.6. The normalized spacial score (nSPS) is 47.4. The predicted molar refractivity (Wildman–Crippen MR) is 94.6 cm³/mol. The van der Waals surface area contributed by atoms with Crippen molar-refractivity contribution in [1.29, 1.82) is 0 Å². The first-order valence-corrected chi connectivity index (χ1v) is 10.6. The Morgan fingerprint density at radius 1 is 0.800 bits per heavy atom. The second kappa shape index (κ2) is 8.63. The van der Waals surface area contributed by atoms with Gasteiger partial charge in [-0.15, -0.1) is 0 Å². The Kier molecular flexibility index (Phi) is 6.73. The molecule has 0 aromatic rings. The minimum absolute atomic E-state index is 0.0240. The van der Waals surface area contributed by atoms with Crippen LogP contribution >= 0.6 is 0 Å². The molecule has 4 heteroatoms. The number of aliphatic hydroxyl groups is 1. The first-order valence-electron chi connectivity index (χ1n) is 10.6. The van der Waals surface area contributed by atoms with Gasteiger partial charge in [0, 0.05) is 0 Å². The Bertz CT molecular complexity index is 402. The maximum atomic E-state index is 14.7. The molecular weight excluding hydrogens is 325 g/mol. The van der Waals surface area contributed by atoms with Crippen LogP contribution in [0.4, 0.5) is 13.2 Å². The van der Waals surface area contributed by atoms with E-state index < -0.39 is 30.5 Å². The number of hydrogen-bond donors (Lipinski definition) is 1. The van der Waals surface area contributed by atoms with Crippen LogP contribution in [0.3, 0.4) is 0 Å². The molecule has 3 saturated carbocycles. The van der Waals surface area contributed by atoms with Gasteiger partial charge in [-0.3, -0.25) is 0 Å². The van der Waals surface area contributed by atoms with Crippen molar-refractivity contribution in [2.45, 2.75) is 102 Å². The molecule has 3 fully saturated rings. The molecule has 0 saturated heterocycles. The standard InChI is InChI=1S/C21H35F3O/c1-13-2-4-14(5-3-13)15-6-8-16(9-7-15)18(22)12-17-10-11-19(25)21(24)20(17)23/h13-21,25H,2-12H2,1H3. The van der Waals surface area contributed by atoms with Crippen molar-refractivity contribution in [3.8, 4) is 0 Å². The van der Waals surface area contributed by atoms with Crippen LogP contribution < -0.4 is 0 Å². The van der Waals surface area contributed by atoms with Gasteiger partial charge in [-0.25, -0.2) is 13.2 Å². The second-order valence-corrected chi connectivity index (χ2v) is 9.24. The molecule has 5 atom stereocenters. The molecule has 0 amide bonds. The number of halogens is 3. The molecule has 0 spiro atoms. The summed E-state index contributed by atoms with van der Waals surface area (Å²) in [5.74, 6) is 1.91. The zero-order valence-electron chi connectivity index (χ0n) is 15.6. The highest BCUT2D eigenvalue weighted by atomic mass is 19.2. The van der Waals surface area contributed by atoms with Crippen LogP contribution in [0.15, 0.2) is 0 Å². The van der Waals surface area contributed by atoms with Gasteiger partial charge in [-0.05, 0) is 87.4 Å². The summed E-state index contributed by atoms with van der Waals surface area (Å²) in [7, 11) is 0. The fraction of sp³-hybridized carbons (Fsp3) is 1.00. The lowest BCUT2D eigenvalue weighted by Gasteiger charge is -2.39. The largest absolute Gasteiger partial charge is 0.390 e. The van der Waals surface area contributed by atoms with Crippen LogP contribution in [-0.4, -0.2) is 29.7 Å². The van der Waals surface area contributed by atoms with Crippen LogP contribution in [0.2, 0.25) is 0 Å². The van der Waals surface area contributed by atoms with Crippen LogP contribution in [0.25, 0.3) is 0 Å². The lowest BCUT2D eigenvalue weighted by atomic mass is 9.68. The predicted octanol–water partition coefficient (Wildman–Crippen LogP) is 5.79. The highest BCUT2D eigenvalue weighted by Gasteiger charge is 2.41. The number of aliphatic hydroxyl groups excluding tert-OH is 1. The average molecular weight is 361 g/mol. The number of hydrogen-bond acceptors (Lipinski definition) is 1. The SMILES string of the molecule is CC1CCC(C2CCC(C(F)CC3CCC(O)C(F)C3F)CC2)CC1. The molecule has 3 aliphatic rings. The summed E-state index contributed by atoms with van der Waals surface area (Å²) in [6, 6.07) is 0. The second-order valence-electron chi connectivity index (χ2n) is 9.24. The molecule has 0 aliphatic heterocycles. The number of rotatable bonds is 4. The Hall–Kier alpha value is -0.250. The molecule has 0 radical (unpaired) electrons. The van der Waals surface area contributed by atoms with Crippen molar-refractivity contribution in [1.82, 2.24) is 0 Å². The molecule has 0 heterocycles. The monoisotopic (exact) mass is 360 g/mol. The lowest BCUT2D eigenvalue weighted by Crippen LogP contribution is -2.42. The van der Waals surface area contributed by atoms with Gasteiger partial charge in [0.25, 0.3) is 0 Å². The van der Waals surface area contributed by atoms with Crippen LogP contribution in [-0.2, 0) is 0 Å². The highest BCUT2D eigenvalue weighted by Crippen LogP contribution is 2.43. The van der Waals surface area contributed by atoms with E-state index in [0.717, 1.165) is 43.4 Å². The lowest BCUT2D eigenvalue weighted by molar-refractivity contribution is -0.0446. The maximum Gasteiger partial charge on any atom is 0.157 e. The van der Waals surface area contributed by atoms with E-state index in [0.29, 0.717) is 6.42 Å². The number of alkyl halides is 3. The first kappa shape index (κ1) is 19.5. The quantitative estimate of drug-likeness (QED) is 0.672. The molecule has 0 aromatic heterocycles. The third-order valence-corrected chi connectivity index (χ3v) is 7.54. The van der Waals surface area contributed by atoms with E-state index in [1.54, 1.807) is 0 Å². The minimum Gasteiger partial charge on any atom is -0.390 e. The third-order valence-electron chi connectivity index (χ3n) is 7.54. The van der Waals surface area contributed by atoms with E-state index in [-0.39, 0.29) is 18.8 Å². The summed E-state index contributed by atoms with van der Waals surface area (Å²) in [5.41, 5.74) is 0. The Labute approximate surface area is 150 Å². The molecule has 0 bridgehead atoms. The molecular formula is C21H35F3O. The summed E-state index contributed by atoms with van der Waals surface area (Å²) in [4.78, 5) is 0. The van der Waals surface area contributed by atoms with E-state index in [2.05, 4.69) is 6.92 Å². The van der Waals surface area contributed by atoms with Crippen LogP contribution in [0.1, 0.15) is 77.6 Å². The Morgan fingerprint density at radius 3 is 1.96 bits per heavy atom. The molecule has 146 valence electrons. The summed E-state index contributed by atoms with van der Waals surface area (Å²) in [5, 5.41) is 9.41.